The van der Waals surface area contributed by atoms with E-state index in [4.69, 9.17) is 4.74 Å². The number of non-ortho nitro benzene ring substituents is 1. The Bertz CT molecular complexity index is 805. The molecule has 0 aromatic heterocycles. The van der Waals surface area contributed by atoms with E-state index in [1.165, 1.54) is 24.3 Å². The van der Waals surface area contributed by atoms with E-state index in [-0.39, 0.29) is 11.6 Å². The molecular formula is C18H19N3O5. The zero-order valence-electron chi connectivity index (χ0n) is 14.4. The van der Waals surface area contributed by atoms with E-state index in [0.717, 1.165) is 0 Å². The van der Waals surface area contributed by atoms with Crippen molar-refractivity contribution >= 4 is 23.2 Å². The van der Waals surface area contributed by atoms with Gasteiger partial charge in [-0.15, -0.1) is 0 Å². The standard InChI is InChI=1S/C18H19N3O5/c1-3-19-18(23)15-6-4-5-7-16(15)20-17(22)12(2)26-14-10-8-13(9-11-14)21(24)25/h4-12H,3H2,1-2H3,(H,19,23)(H,20,22). The van der Waals surface area contributed by atoms with Crippen molar-refractivity contribution in [2.75, 3.05) is 11.9 Å². The number of nitrogens with zero attached hydrogens (tertiary/aromatic N) is 1. The largest absolute Gasteiger partial charge is 0.481 e. The van der Waals surface area contributed by atoms with Gasteiger partial charge in [0, 0.05) is 18.7 Å². The van der Waals surface area contributed by atoms with Gasteiger partial charge in [-0.1, -0.05) is 12.1 Å². The summed E-state index contributed by atoms with van der Waals surface area (Å²) in [6.07, 6.45) is -0.862. The van der Waals surface area contributed by atoms with Crippen LogP contribution in [0.25, 0.3) is 0 Å². The van der Waals surface area contributed by atoms with Gasteiger partial charge in [-0.05, 0) is 38.1 Å². The number of carbonyl (C=O) groups excluding carboxylic acids is 2. The van der Waals surface area contributed by atoms with E-state index in [1.807, 2.05) is 0 Å². The second-order valence-corrected chi connectivity index (χ2v) is 5.41. The van der Waals surface area contributed by atoms with Crippen molar-refractivity contribution in [2.45, 2.75) is 20.0 Å². The van der Waals surface area contributed by atoms with Gasteiger partial charge in [0.2, 0.25) is 0 Å². The molecule has 0 fully saturated rings. The Kier molecular flexibility index (Phi) is 6.26. The number of rotatable bonds is 7. The molecule has 0 spiro atoms. The first-order valence-corrected chi connectivity index (χ1v) is 8.01. The van der Waals surface area contributed by atoms with Crippen LogP contribution < -0.4 is 15.4 Å². The molecule has 0 heterocycles. The average molecular weight is 357 g/mol. The van der Waals surface area contributed by atoms with Crippen LogP contribution >= 0.6 is 0 Å². The Balaban J connectivity index is 2.05. The molecule has 2 amide bonds. The number of nitro groups is 1. The molecule has 2 aromatic rings. The first kappa shape index (κ1) is 18.9. The Morgan fingerprint density at radius 3 is 2.42 bits per heavy atom. The number of hydrogen-bond acceptors (Lipinski definition) is 5. The Morgan fingerprint density at radius 2 is 1.81 bits per heavy atom. The topological polar surface area (TPSA) is 111 Å². The fourth-order valence-electron chi connectivity index (χ4n) is 2.18. The summed E-state index contributed by atoms with van der Waals surface area (Å²) in [7, 11) is 0. The van der Waals surface area contributed by atoms with Crippen molar-refractivity contribution in [2.24, 2.45) is 0 Å². The molecule has 2 aromatic carbocycles. The Morgan fingerprint density at radius 1 is 1.15 bits per heavy atom. The maximum absolute atomic E-state index is 12.3. The smallest absolute Gasteiger partial charge is 0.269 e. The van der Waals surface area contributed by atoms with Gasteiger partial charge in [-0.3, -0.25) is 19.7 Å². The van der Waals surface area contributed by atoms with Gasteiger partial charge in [-0.25, -0.2) is 0 Å². The number of para-hydroxylation sites is 1. The lowest BCUT2D eigenvalue weighted by Crippen LogP contribution is -2.31. The second-order valence-electron chi connectivity index (χ2n) is 5.41. The molecule has 0 saturated heterocycles. The van der Waals surface area contributed by atoms with Crippen LogP contribution in [0.3, 0.4) is 0 Å². The molecule has 0 bridgehead atoms. The summed E-state index contributed by atoms with van der Waals surface area (Å²) in [6.45, 7) is 3.82. The van der Waals surface area contributed by atoms with Gasteiger partial charge in [0.25, 0.3) is 17.5 Å². The summed E-state index contributed by atoms with van der Waals surface area (Å²) >= 11 is 0. The van der Waals surface area contributed by atoms with Gasteiger partial charge in [0.05, 0.1) is 16.2 Å². The van der Waals surface area contributed by atoms with Crippen molar-refractivity contribution in [3.05, 3.63) is 64.2 Å². The number of nitro benzene ring substituents is 1. The first-order chi connectivity index (χ1) is 12.4. The first-order valence-electron chi connectivity index (χ1n) is 8.01. The molecule has 26 heavy (non-hydrogen) atoms. The van der Waals surface area contributed by atoms with E-state index in [2.05, 4.69) is 10.6 Å². The molecule has 1 unspecified atom stereocenters. The minimum Gasteiger partial charge on any atom is -0.481 e. The monoisotopic (exact) mass is 357 g/mol. The fraction of sp³-hybridized carbons (Fsp3) is 0.222. The van der Waals surface area contributed by atoms with Crippen LogP contribution in [0.1, 0.15) is 24.2 Å². The van der Waals surface area contributed by atoms with Gasteiger partial charge in [0.1, 0.15) is 5.75 Å². The van der Waals surface area contributed by atoms with Crippen molar-refractivity contribution < 1.29 is 19.2 Å². The molecular weight excluding hydrogens is 338 g/mol. The molecule has 8 nitrogen and oxygen atoms in total. The van der Waals surface area contributed by atoms with Crippen LogP contribution in [0.5, 0.6) is 5.75 Å². The number of ether oxygens (including phenoxy) is 1. The molecule has 2 rings (SSSR count). The number of hydrogen-bond donors (Lipinski definition) is 2. The number of nitrogens with one attached hydrogen (secondary N) is 2. The maximum atomic E-state index is 12.3. The van der Waals surface area contributed by atoms with Crippen LogP contribution in [0.4, 0.5) is 11.4 Å². The summed E-state index contributed by atoms with van der Waals surface area (Å²) in [5, 5.41) is 16.0. The molecule has 1 atom stereocenters. The summed E-state index contributed by atoms with van der Waals surface area (Å²) < 4.78 is 5.50. The second kappa shape index (κ2) is 8.61. The van der Waals surface area contributed by atoms with Crippen LogP contribution in [0.15, 0.2) is 48.5 Å². The molecule has 0 radical (unpaired) electrons. The maximum Gasteiger partial charge on any atom is 0.269 e. The third-order valence-corrected chi connectivity index (χ3v) is 3.50. The van der Waals surface area contributed by atoms with Crippen molar-refractivity contribution in [1.29, 1.82) is 0 Å². The predicted octanol–water partition coefficient (Wildman–Crippen LogP) is 2.75. The zero-order chi connectivity index (χ0) is 19.1. The molecule has 0 aliphatic rings. The number of anilines is 1. The van der Waals surface area contributed by atoms with Gasteiger partial charge in [0.15, 0.2) is 6.10 Å². The number of carbonyl (C=O) groups is 2. The molecule has 0 aliphatic heterocycles. The van der Waals surface area contributed by atoms with E-state index < -0.39 is 16.9 Å². The molecule has 136 valence electrons. The molecule has 8 heteroatoms. The number of amides is 2. The fourth-order valence-corrected chi connectivity index (χ4v) is 2.18. The normalized spacial score (nSPS) is 11.3. The van der Waals surface area contributed by atoms with Crippen molar-refractivity contribution in [3.63, 3.8) is 0 Å². The van der Waals surface area contributed by atoms with Gasteiger partial charge < -0.3 is 15.4 Å². The van der Waals surface area contributed by atoms with Gasteiger partial charge in [-0.2, -0.15) is 0 Å². The van der Waals surface area contributed by atoms with E-state index >= 15 is 0 Å². The predicted molar refractivity (Wildman–Crippen MR) is 96.3 cm³/mol. The zero-order valence-corrected chi connectivity index (χ0v) is 14.4. The van der Waals surface area contributed by atoms with E-state index in [0.29, 0.717) is 23.5 Å². The van der Waals surface area contributed by atoms with E-state index in [1.54, 1.807) is 38.1 Å². The third kappa shape index (κ3) is 4.79. The van der Waals surface area contributed by atoms with Crippen LogP contribution in [0, 0.1) is 10.1 Å². The highest BCUT2D eigenvalue weighted by molar-refractivity contribution is 6.04. The highest BCUT2D eigenvalue weighted by atomic mass is 16.6. The van der Waals surface area contributed by atoms with E-state index in [9.17, 15) is 19.7 Å². The molecule has 2 N–H and O–H groups in total. The minimum atomic E-state index is -0.862. The molecule has 0 saturated carbocycles. The highest BCUT2D eigenvalue weighted by Crippen LogP contribution is 2.20. The Labute approximate surface area is 150 Å². The summed E-state index contributed by atoms with van der Waals surface area (Å²) in [5.74, 6) is -0.400. The summed E-state index contributed by atoms with van der Waals surface area (Å²) in [6, 6.07) is 12.1. The summed E-state index contributed by atoms with van der Waals surface area (Å²) in [5.41, 5.74) is 0.665. The lowest BCUT2D eigenvalue weighted by Gasteiger charge is -2.16. The Hall–Kier alpha value is -3.42. The van der Waals surface area contributed by atoms with Crippen LogP contribution in [-0.4, -0.2) is 29.4 Å². The third-order valence-electron chi connectivity index (χ3n) is 3.50. The average Bonchev–Trinajstić information content (AvgIpc) is 2.62. The number of benzene rings is 2. The van der Waals surface area contributed by atoms with Crippen molar-refractivity contribution in [3.8, 4) is 5.75 Å². The molecule has 0 aliphatic carbocycles. The van der Waals surface area contributed by atoms with Crippen LogP contribution in [0.2, 0.25) is 0 Å². The van der Waals surface area contributed by atoms with Gasteiger partial charge >= 0.3 is 0 Å². The quantitative estimate of drug-likeness (QED) is 0.585. The highest BCUT2D eigenvalue weighted by Gasteiger charge is 2.18. The van der Waals surface area contributed by atoms with Crippen LogP contribution in [-0.2, 0) is 4.79 Å². The minimum absolute atomic E-state index is 0.0645. The lowest BCUT2D eigenvalue weighted by atomic mass is 10.1. The lowest BCUT2D eigenvalue weighted by molar-refractivity contribution is -0.384. The SMILES string of the molecule is CCNC(=O)c1ccccc1NC(=O)C(C)Oc1ccc([N+](=O)[O-])cc1. The van der Waals surface area contributed by atoms with Crippen molar-refractivity contribution in [1.82, 2.24) is 5.32 Å². The summed E-state index contributed by atoms with van der Waals surface area (Å²) in [4.78, 5) is 34.5.